The molecule has 1 fully saturated rings. The Hall–Kier alpha value is -0.520. The van der Waals surface area contributed by atoms with Gasteiger partial charge in [-0.15, -0.1) is 11.8 Å². The Kier molecular flexibility index (Phi) is 6.02. The lowest BCUT2D eigenvalue weighted by molar-refractivity contribution is 0.169. The molecule has 1 N–H and O–H groups in total. The molecule has 1 aliphatic heterocycles. The SMILES string of the molecule is CC#CCCN1CCCC(CNC(C)(C)C)C1. The van der Waals surface area contributed by atoms with Gasteiger partial charge in [0.15, 0.2) is 0 Å². The summed E-state index contributed by atoms with van der Waals surface area (Å²) in [4.78, 5) is 2.57. The van der Waals surface area contributed by atoms with Gasteiger partial charge in [-0.1, -0.05) is 0 Å². The second-order valence-corrected chi connectivity index (χ2v) is 6.12. The molecule has 0 amide bonds. The molecule has 1 unspecified atom stereocenters. The predicted molar refractivity (Wildman–Crippen MR) is 75.0 cm³/mol. The number of piperidine rings is 1. The molecule has 0 radical (unpaired) electrons. The zero-order valence-electron chi connectivity index (χ0n) is 12.0. The highest BCUT2D eigenvalue weighted by atomic mass is 15.1. The fourth-order valence-corrected chi connectivity index (χ4v) is 2.31. The molecule has 1 atom stereocenters. The van der Waals surface area contributed by atoms with E-state index in [1.54, 1.807) is 0 Å². The molecule has 0 aromatic carbocycles. The van der Waals surface area contributed by atoms with Gasteiger partial charge in [0.2, 0.25) is 0 Å². The maximum absolute atomic E-state index is 3.62. The van der Waals surface area contributed by atoms with Gasteiger partial charge in [0.05, 0.1) is 0 Å². The minimum absolute atomic E-state index is 0.246. The van der Waals surface area contributed by atoms with Gasteiger partial charge >= 0.3 is 0 Å². The molecule has 1 rings (SSSR count). The number of nitrogens with zero attached hydrogens (tertiary/aromatic N) is 1. The summed E-state index contributed by atoms with van der Waals surface area (Å²) in [6.45, 7) is 13.4. The molecule has 98 valence electrons. The van der Waals surface area contributed by atoms with Crippen molar-refractivity contribution in [2.45, 2.75) is 52.5 Å². The molecule has 17 heavy (non-hydrogen) atoms. The summed E-state index contributed by atoms with van der Waals surface area (Å²) < 4.78 is 0. The van der Waals surface area contributed by atoms with Crippen LogP contribution >= 0.6 is 0 Å². The summed E-state index contributed by atoms with van der Waals surface area (Å²) >= 11 is 0. The minimum atomic E-state index is 0.246. The molecule has 2 heteroatoms. The van der Waals surface area contributed by atoms with E-state index in [4.69, 9.17) is 0 Å². The summed E-state index contributed by atoms with van der Waals surface area (Å²) in [6.07, 6.45) is 3.74. The van der Waals surface area contributed by atoms with Crippen LogP contribution in [0.3, 0.4) is 0 Å². The van der Waals surface area contributed by atoms with Gasteiger partial charge in [-0.25, -0.2) is 0 Å². The van der Waals surface area contributed by atoms with Gasteiger partial charge in [-0.3, -0.25) is 0 Å². The molecule has 1 saturated heterocycles. The van der Waals surface area contributed by atoms with E-state index in [0.29, 0.717) is 0 Å². The number of rotatable bonds is 4. The van der Waals surface area contributed by atoms with Gasteiger partial charge in [0.25, 0.3) is 0 Å². The van der Waals surface area contributed by atoms with Crippen LogP contribution in [0.25, 0.3) is 0 Å². The van der Waals surface area contributed by atoms with Gasteiger partial charge in [-0.2, -0.15) is 0 Å². The van der Waals surface area contributed by atoms with Crippen LogP contribution < -0.4 is 5.32 Å². The van der Waals surface area contributed by atoms with E-state index in [1.165, 1.54) is 25.9 Å². The van der Waals surface area contributed by atoms with Crippen molar-refractivity contribution in [1.82, 2.24) is 10.2 Å². The molecule has 1 heterocycles. The first kappa shape index (κ1) is 14.5. The number of likely N-dealkylation sites (tertiary alicyclic amines) is 1. The molecule has 0 aromatic heterocycles. The Labute approximate surface area is 107 Å². The first-order chi connectivity index (χ1) is 8.01. The van der Waals surface area contributed by atoms with E-state index in [9.17, 15) is 0 Å². The fourth-order valence-electron chi connectivity index (χ4n) is 2.31. The van der Waals surface area contributed by atoms with Crippen LogP contribution in [0.4, 0.5) is 0 Å². The van der Waals surface area contributed by atoms with Crippen molar-refractivity contribution in [3.05, 3.63) is 0 Å². The molecule has 0 aromatic rings. The zero-order valence-corrected chi connectivity index (χ0v) is 12.0. The molecular formula is C15H28N2. The van der Waals surface area contributed by atoms with E-state index in [-0.39, 0.29) is 5.54 Å². The summed E-state index contributed by atoms with van der Waals surface area (Å²) in [7, 11) is 0. The second kappa shape index (κ2) is 7.03. The number of hydrogen-bond acceptors (Lipinski definition) is 2. The maximum Gasteiger partial charge on any atom is 0.0216 e. The summed E-state index contributed by atoms with van der Waals surface area (Å²) in [5.74, 6) is 6.95. The van der Waals surface area contributed by atoms with Crippen LogP contribution in [0.5, 0.6) is 0 Å². The monoisotopic (exact) mass is 236 g/mol. The van der Waals surface area contributed by atoms with Gasteiger partial charge in [0, 0.05) is 25.0 Å². The quantitative estimate of drug-likeness (QED) is 0.755. The minimum Gasteiger partial charge on any atom is -0.312 e. The highest BCUT2D eigenvalue weighted by Gasteiger charge is 2.20. The predicted octanol–water partition coefficient (Wildman–Crippen LogP) is 2.50. The lowest BCUT2D eigenvalue weighted by Crippen LogP contribution is -2.44. The normalized spacial score (nSPS) is 22.0. The van der Waals surface area contributed by atoms with Crippen molar-refractivity contribution < 1.29 is 0 Å². The third-order valence-corrected chi connectivity index (χ3v) is 3.25. The van der Waals surface area contributed by atoms with E-state index in [0.717, 1.165) is 25.4 Å². The molecule has 0 bridgehead atoms. The van der Waals surface area contributed by atoms with Gasteiger partial charge in [-0.05, 0) is 59.5 Å². The van der Waals surface area contributed by atoms with Crippen LogP contribution in [-0.2, 0) is 0 Å². The second-order valence-electron chi connectivity index (χ2n) is 6.12. The Morgan fingerprint density at radius 3 is 2.76 bits per heavy atom. The molecule has 2 nitrogen and oxygen atoms in total. The first-order valence-corrected chi connectivity index (χ1v) is 6.88. The van der Waals surface area contributed by atoms with Gasteiger partial charge < -0.3 is 10.2 Å². The van der Waals surface area contributed by atoms with E-state index in [2.05, 4.69) is 42.8 Å². The molecule has 0 aliphatic carbocycles. The highest BCUT2D eigenvalue weighted by molar-refractivity contribution is 4.95. The standard InChI is InChI=1S/C15H28N2/c1-5-6-7-10-17-11-8-9-14(13-17)12-16-15(2,3)4/h14,16H,7-13H2,1-4H3. The Balaban J connectivity index is 2.25. The summed E-state index contributed by atoms with van der Waals surface area (Å²) in [6, 6.07) is 0. The van der Waals surface area contributed by atoms with E-state index >= 15 is 0 Å². The largest absolute Gasteiger partial charge is 0.312 e. The summed E-state index contributed by atoms with van der Waals surface area (Å²) in [5, 5.41) is 3.62. The Bertz CT molecular complexity index is 267. The summed E-state index contributed by atoms with van der Waals surface area (Å²) in [5.41, 5.74) is 0.246. The molecule has 0 spiro atoms. The molecule has 0 saturated carbocycles. The van der Waals surface area contributed by atoms with Crippen LogP contribution in [-0.4, -0.2) is 36.6 Å². The highest BCUT2D eigenvalue weighted by Crippen LogP contribution is 2.16. The van der Waals surface area contributed by atoms with E-state index in [1.807, 2.05) is 6.92 Å². The van der Waals surface area contributed by atoms with Crippen LogP contribution in [0.2, 0.25) is 0 Å². The molecule has 1 aliphatic rings. The van der Waals surface area contributed by atoms with Crippen LogP contribution in [0, 0.1) is 17.8 Å². The van der Waals surface area contributed by atoms with Crippen molar-refractivity contribution in [1.29, 1.82) is 0 Å². The topological polar surface area (TPSA) is 15.3 Å². The molecular weight excluding hydrogens is 208 g/mol. The maximum atomic E-state index is 3.62. The van der Waals surface area contributed by atoms with Crippen LogP contribution in [0.1, 0.15) is 47.0 Å². The smallest absolute Gasteiger partial charge is 0.0216 e. The third kappa shape index (κ3) is 6.71. The van der Waals surface area contributed by atoms with Gasteiger partial charge in [0.1, 0.15) is 0 Å². The van der Waals surface area contributed by atoms with Crippen molar-refractivity contribution in [2.75, 3.05) is 26.2 Å². The lowest BCUT2D eigenvalue weighted by atomic mass is 9.96. The first-order valence-electron chi connectivity index (χ1n) is 6.88. The third-order valence-electron chi connectivity index (χ3n) is 3.25. The van der Waals surface area contributed by atoms with Crippen molar-refractivity contribution >= 4 is 0 Å². The van der Waals surface area contributed by atoms with Crippen molar-refractivity contribution in [3.8, 4) is 11.8 Å². The number of nitrogens with one attached hydrogen (secondary N) is 1. The van der Waals surface area contributed by atoms with Crippen molar-refractivity contribution in [2.24, 2.45) is 5.92 Å². The fraction of sp³-hybridized carbons (Fsp3) is 0.867. The van der Waals surface area contributed by atoms with E-state index < -0.39 is 0 Å². The van der Waals surface area contributed by atoms with Crippen molar-refractivity contribution in [3.63, 3.8) is 0 Å². The average Bonchev–Trinajstić information content (AvgIpc) is 2.27. The zero-order chi connectivity index (χ0) is 12.7. The van der Waals surface area contributed by atoms with Crippen LogP contribution in [0.15, 0.2) is 0 Å². The number of hydrogen-bond donors (Lipinski definition) is 1. The average molecular weight is 236 g/mol. The Morgan fingerprint density at radius 2 is 2.12 bits per heavy atom. The Morgan fingerprint density at radius 1 is 1.35 bits per heavy atom. The lowest BCUT2D eigenvalue weighted by Gasteiger charge is -2.34.